The molecule has 0 aliphatic rings. The second-order valence-corrected chi connectivity index (χ2v) is 5.21. The van der Waals surface area contributed by atoms with Crippen LogP contribution in [0.15, 0.2) is 41.1 Å². The third-order valence-corrected chi connectivity index (χ3v) is 3.59. The molecular weight excluding hydrogens is 297 g/mol. The molecule has 0 radical (unpaired) electrons. The maximum Gasteiger partial charge on any atom is 0.243 e. The summed E-state index contributed by atoms with van der Waals surface area (Å²) < 4.78 is 20.5. The lowest BCUT2D eigenvalue weighted by atomic mass is 10.2. The van der Waals surface area contributed by atoms with E-state index in [4.69, 9.17) is 4.52 Å². The van der Waals surface area contributed by atoms with Gasteiger partial charge in [-0.1, -0.05) is 17.3 Å². The number of benzene rings is 1. The van der Waals surface area contributed by atoms with Gasteiger partial charge in [0.05, 0.1) is 11.7 Å². The number of hydrogen-bond acceptors (Lipinski definition) is 5. The van der Waals surface area contributed by atoms with Gasteiger partial charge in [0.15, 0.2) is 0 Å². The molecule has 2 aromatic heterocycles. The Labute approximate surface area is 133 Å². The fourth-order valence-electron chi connectivity index (χ4n) is 2.30. The molecule has 0 amide bonds. The van der Waals surface area contributed by atoms with Crippen molar-refractivity contribution >= 4 is 0 Å². The van der Waals surface area contributed by atoms with Gasteiger partial charge >= 0.3 is 0 Å². The summed E-state index contributed by atoms with van der Waals surface area (Å²) in [6.45, 7) is 5.45. The van der Waals surface area contributed by atoms with Crippen LogP contribution >= 0.6 is 0 Å². The predicted octanol–water partition coefficient (Wildman–Crippen LogP) is 2.94. The summed E-state index contributed by atoms with van der Waals surface area (Å²) in [5, 5.41) is 11.5. The standard InChI is InChI=1S/C16H18FN5O/c1-3-22-14(7-8-19-22)10-18-11(2)16-20-15(21-23-16)12-5-4-6-13(17)9-12/h4-9,11,18H,3,10H2,1-2H3. The lowest BCUT2D eigenvalue weighted by Gasteiger charge is -2.10. The average Bonchev–Trinajstić information content (AvgIpc) is 3.21. The van der Waals surface area contributed by atoms with Crippen molar-refractivity contribution in [3.63, 3.8) is 0 Å². The number of nitrogens with zero attached hydrogens (tertiary/aromatic N) is 4. The van der Waals surface area contributed by atoms with Crippen molar-refractivity contribution in [1.82, 2.24) is 25.2 Å². The minimum atomic E-state index is -0.326. The quantitative estimate of drug-likeness (QED) is 0.757. The fraction of sp³-hybridized carbons (Fsp3) is 0.312. The van der Waals surface area contributed by atoms with E-state index in [2.05, 4.69) is 20.6 Å². The van der Waals surface area contributed by atoms with E-state index in [0.717, 1.165) is 12.2 Å². The van der Waals surface area contributed by atoms with E-state index in [-0.39, 0.29) is 11.9 Å². The van der Waals surface area contributed by atoms with Crippen LogP contribution in [-0.4, -0.2) is 19.9 Å². The van der Waals surface area contributed by atoms with Crippen molar-refractivity contribution < 1.29 is 8.91 Å². The molecule has 3 aromatic rings. The Morgan fingerprint density at radius 3 is 3.00 bits per heavy atom. The van der Waals surface area contributed by atoms with Crippen LogP contribution in [0.2, 0.25) is 0 Å². The summed E-state index contributed by atoms with van der Waals surface area (Å²) >= 11 is 0. The fourth-order valence-corrected chi connectivity index (χ4v) is 2.30. The SMILES string of the molecule is CCn1nccc1CNC(C)c1nc(-c2cccc(F)c2)no1. The molecule has 7 heteroatoms. The van der Waals surface area contributed by atoms with E-state index in [9.17, 15) is 4.39 Å². The number of aryl methyl sites for hydroxylation is 1. The molecule has 1 N–H and O–H groups in total. The molecule has 2 heterocycles. The van der Waals surface area contributed by atoms with E-state index in [1.54, 1.807) is 18.3 Å². The van der Waals surface area contributed by atoms with Gasteiger partial charge in [-0.3, -0.25) is 4.68 Å². The molecule has 0 aliphatic carbocycles. The average molecular weight is 315 g/mol. The highest BCUT2D eigenvalue weighted by atomic mass is 19.1. The molecule has 1 unspecified atom stereocenters. The zero-order chi connectivity index (χ0) is 16.2. The minimum Gasteiger partial charge on any atom is -0.337 e. The van der Waals surface area contributed by atoms with Gasteiger partial charge in [-0.05, 0) is 32.0 Å². The van der Waals surface area contributed by atoms with E-state index in [0.29, 0.717) is 23.8 Å². The number of nitrogens with one attached hydrogen (secondary N) is 1. The molecule has 1 aromatic carbocycles. The van der Waals surface area contributed by atoms with Crippen LogP contribution in [0.25, 0.3) is 11.4 Å². The zero-order valence-electron chi connectivity index (χ0n) is 13.0. The lowest BCUT2D eigenvalue weighted by Crippen LogP contribution is -2.20. The molecule has 0 fully saturated rings. The summed E-state index contributed by atoms with van der Waals surface area (Å²) in [4.78, 5) is 4.33. The summed E-state index contributed by atoms with van der Waals surface area (Å²) in [5.74, 6) is 0.520. The van der Waals surface area contributed by atoms with Gasteiger partial charge < -0.3 is 9.84 Å². The molecule has 120 valence electrons. The second kappa shape index (κ2) is 6.70. The lowest BCUT2D eigenvalue weighted by molar-refractivity contribution is 0.337. The van der Waals surface area contributed by atoms with Crippen molar-refractivity contribution in [2.24, 2.45) is 0 Å². The molecular formula is C16H18FN5O. The maximum atomic E-state index is 13.3. The predicted molar refractivity (Wildman–Crippen MR) is 82.8 cm³/mol. The van der Waals surface area contributed by atoms with Crippen LogP contribution in [0.3, 0.4) is 0 Å². The van der Waals surface area contributed by atoms with E-state index in [1.807, 2.05) is 24.6 Å². The van der Waals surface area contributed by atoms with Crippen molar-refractivity contribution in [3.05, 3.63) is 53.9 Å². The molecule has 0 spiro atoms. The highest BCUT2D eigenvalue weighted by molar-refractivity contribution is 5.53. The maximum absolute atomic E-state index is 13.3. The van der Waals surface area contributed by atoms with Gasteiger partial charge in [0.25, 0.3) is 0 Å². The van der Waals surface area contributed by atoms with Crippen LogP contribution in [0.5, 0.6) is 0 Å². The Bertz CT molecular complexity index is 782. The van der Waals surface area contributed by atoms with Gasteiger partial charge in [-0.25, -0.2) is 4.39 Å². The number of hydrogen-bond donors (Lipinski definition) is 1. The van der Waals surface area contributed by atoms with E-state index < -0.39 is 0 Å². The first-order valence-corrected chi connectivity index (χ1v) is 7.51. The first-order valence-electron chi connectivity index (χ1n) is 7.51. The minimum absolute atomic E-state index is 0.120. The summed E-state index contributed by atoms with van der Waals surface area (Å²) in [6, 6.07) is 7.97. The Kier molecular flexibility index (Phi) is 4.47. The van der Waals surface area contributed by atoms with Crippen LogP contribution in [-0.2, 0) is 13.1 Å². The smallest absolute Gasteiger partial charge is 0.243 e. The molecule has 23 heavy (non-hydrogen) atoms. The Hall–Kier alpha value is -2.54. The molecule has 0 bridgehead atoms. The van der Waals surface area contributed by atoms with Crippen LogP contribution in [0.4, 0.5) is 4.39 Å². The van der Waals surface area contributed by atoms with Gasteiger partial charge in [-0.15, -0.1) is 0 Å². The van der Waals surface area contributed by atoms with E-state index >= 15 is 0 Å². The van der Waals surface area contributed by atoms with Gasteiger partial charge in [-0.2, -0.15) is 10.1 Å². The largest absolute Gasteiger partial charge is 0.337 e. The molecule has 0 saturated carbocycles. The first kappa shape index (κ1) is 15.4. The molecule has 1 atom stereocenters. The van der Waals surface area contributed by atoms with E-state index in [1.165, 1.54) is 12.1 Å². The molecule has 6 nitrogen and oxygen atoms in total. The second-order valence-electron chi connectivity index (χ2n) is 5.21. The number of rotatable bonds is 6. The first-order chi connectivity index (χ1) is 11.2. The third kappa shape index (κ3) is 3.45. The molecule has 3 rings (SSSR count). The van der Waals surface area contributed by atoms with Crippen molar-refractivity contribution in [2.75, 3.05) is 0 Å². The molecule has 0 aliphatic heterocycles. The summed E-state index contributed by atoms with van der Waals surface area (Å²) in [5.41, 5.74) is 1.68. The summed E-state index contributed by atoms with van der Waals surface area (Å²) in [7, 11) is 0. The third-order valence-electron chi connectivity index (χ3n) is 3.59. The normalized spacial score (nSPS) is 12.5. The van der Waals surface area contributed by atoms with Crippen molar-refractivity contribution in [3.8, 4) is 11.4 Å². The van der Waals surface area contributed by atoms with Gasteiger partial charge in [0, 0.05) is 24.8 Å². The van der Waals surface area contributed by atoms with Crippen LogP contribution in [0.1, 0.15) is 31.5 Å². The van der Waals surface area contributed by atoms with Gasteiger partial charge in [0.2, 0.25) is 11.7 Å². The Morgan fingerprint density at radius 1 is 1.35 bits per heavy atom. The van der Waals surface area contributed by atoms with Crippen molar-refractivity contribution in [1.29, 1.82) is 0 Å². The number of aromatic nitrogens is 4. The van der Waals surface area contributed by atoms with Crippen LogP contribution < -0.4 is 5.32 Å². The summed E-state index contributed by atoms with van der Waals surface area (Å²) in [6.07, 6.45) is 1.78. The molecule has 0 saturated heterocycles. The van der Waals surface area contributed by atoms with Crippen molar-refractivity contribution in [2.45, 2.75) is 33.0 Å². The Balaban J connectivity index is 1.68. The highest BCUT2D eigenvalue weighted by Gasteiger charge is 2.15. The van der Waals surface area contributed by atoms with Gasteiger partial charge in [0.1, 0.15) is 5.82 Å². The zero-order valence-corrected chi connectivity index (χ0v) is 13.0. The van der Waals surface area contributed by atoms with Crippen LogP contribution in [0, 0.1) is 5.82 Å². The topological polar surface area (TPSA) is 68.8 Å². The Morgan fingerprint density at radius 2 is 2.22 bits per heavy atom. The monoisotopic (exact) mass is 315 g/mol. The number of halogens is 1. The highest BCUT2D eigenvalue weighted by Crippen LogP contribution is 2.19.